The highest BCUT2D eigenvalue weighted by Gasteiger charge is 2.44. The van der Waals surface area contributed by atoms with E-state index in [1.807, 2.05) is 41.3 Å². The highest BCUT2D eigenvalue weighted by molar-refractivity contribution is 9.10. The lowest BCUT2D eigenvalue weighted by Crippen LogP contribution is -2.43. The van der Waals surface area contributed by atoms with Crippen molar-refractivity contribution in [1.29, 1.82) is 0 Å². The lowest BCUT2D eigenvalue weighted by molar-refractivity contribution is 0.0961. The summed E-state index contributed by atoms with van der Waals surface area (Å²) in [4.78, 5) is 15.8. The molecule has 29 heavy (non-hydrogen) atoms. The van der Waals surface area contributed by atoms with Gasteiger partial charge in [0.2, 0.25) is 0 Å². The number of nitrogens with zero attached hydrogens (tertiary/aromatic N) is 1. The molecule has 2 nitrogen and oxygen atoms in total. The van der Waals surface area contributed by atoms with Crippen molar-refractivity contribution in [2.75, 3.05) is 4.90 Å². The number of halogens is 2. The summed E-state index contributed by atoms with van der Waals surface area (Å²) in [5.74, 6) is 0.689. The fourth-order valence-corrected chi connectivity index (χ4v) is 5.34. The van der Waals surface area contributed by atoms with E-state index in [0.29, 0.717) is 17.4 Å². The first-order valence-corrected chi connectivity index (χ1v) is 11.3. The first-order valence-electron chi connectivity index (χ1n) is 9.73. The maximum Gasteiger partial charge on any atom is 0.258 e. The summed E-state index contributed by atoms with van der Waals surface area (Å²) in [6, 6.07) is 24.3. The van der Waals surface area contributed by atoms with Crippen LogP contribution in [0.5, 0.6) is 0 Å². The lowest BCUT2D eigenvalue weighted by Gasteiger charge is -2.44. The van der Waals surface area contributed by atoms with E-state index in [1.165, 1.54) is 11.1 Å². The van der Waals surface area contributed by atoms with Crippen LogP contribution in [0.1, 0.15) is 39.9 Å². The highest BCUT2D eigenvalue weighted by atomic mass is 79.9. The van der Waals surface area contributed by atoms with E-state index < -0.39 is 0 Å². The highest BCUT2D eigenvalue weighted by Crippen LogP contribution is 2.53. The fraction of sp³-hybridized carbons (Fsp3) is 0.160. The Morgan fingerprint density at radius 3 is 2.38 bits per heavy atom. The number of hydrogen-bond donors (Lipinski definition) is 0. The summed E-state index contributed by atoms with van der Waals surface area (Å²) in [5, 5.41) is 0. The van der Waals surface area contributed by atoms with E-state index in [4.69, 9.17) is 0 Å². The Bertz CT molecular complexity index is 1090. The van der Waals surface area contributed by atoms with Crippen LogP contribution in [0.2, 0.25) is 0 Å². The number of rotatable bonds is 2. The van der Waals surface area contributed by atoms with Gasteiger partial charge < -0.3 is 4.90 Å². The van der Waals surface area contributed by atoms with Gasteiger partial charge in [0.1, 0.15) is 0 Å². The molecule has 0 radical (unpaired) electrons. The van der Waals surface area contributed by atoms with Gasteiger partial charge in [-0.15, -0.1) is 0 Å². The lowest BCUT2D eigenvalue weighted by atomic mass is 9.75. The van der Waals surface area contributed by atoms with E-state index in [-0.39, 0.29) is 11.9 Å². The predicted molar refractivity (Wildman–Crippen MR) is 124 cm³/mol. The largest absolute Gasteiger partial charge is 0.300 e. The first kappa shape index (κ1) is 18.8. The average molecular weight is 509 g/mol. The van der Waals surface area contributed by atoms with E-state index in [1.54, 1.807) is 0 Å². The van der Waals surface area contributed by atoms with Gasteiger partial charge >= 0.3 is 0 Å². The van der Waals surface area contributed by atoms with Gasteiger partial charge in [-0.05, 0) is 65.9 Å². The van der Waals surface area contributed by atoms with Crippen molar-refractivity contribution in [3.05, 3.63) is 111 Å². The number of anilines is 1. The van der Waals surface area contributed by atoms with Gasteiger partial charge in [-0.3, -0.25) is 4.79 Å². The van der Waals surface area contributed by atoms with E-state index in [0.717, 1.165) is 21.1 Å². The minimum atomic E-state index is -0.00974. The molecule has 1 amide bonds. The minimum absolute atomic E-state index is 0.00974. The maximum absolute atomic E-state index is 13.8. The quantitative estimate of drug-likeness (QED) is 0.333. The molecule has 0 unspecified atom stereocenters. The van der Waals surface area contributed by atoms with Crippen molar-refractivity contribution in [3.8, 4) is 0 Å². The summed E-state index contributed by atoms with van der Waals surface area (Å²) in [5.41, 5.74) is 4.11. The molecule has 3 aromatic carbocycles. The zero-order valence-electron chi connectivity index (χ0n) is 15.6. The van der Waals surface area contributed by atoms with Gasteiger partial charge in [-0.25, -0.2) is 0 Å². The standard InChI is InChI=1S/C25H19Br2NO/c26-18-11-9-16(10-12-18)24-21-8-4-7-20(21)22-15-19(27)13-14-23(22)28(24)25(29)17-5-2-1-3-6-17/h1-7,9-15,20-21,24H,8H2/t20-,21-,24-/m0/s1. The molecule has 4 heteroatoms. The molecule has 2 aliphatic rings. The fourth-order valence-electron chi connectivity index (χ4n) is 4.70. The monoisotopic (exact) mass is 507 g/mol. The maximum atomic E-state index is 13.8. The number of amides is 1. The summed E-state index contributed by atoms with van der Waals surface area (Å²) in [6.07, 6.45) is 5.55. The molecular weight excluding hydrogens is 490 g/mol. The molecule has 1 aliphatic carbocycles. The second-order valence-corrected chi connectivity index (χ2v) is 9.43. The second kappa shape index (κ2) is 7.58. The number of hydrogen-bond acceptors (Lipinski definition) is 1. The number of carbonyl (C=O) groups is 1. The average Bonchev–Trinajstić information content (AvgIpc) is 3.24. The minimum Gasteiger partial charge on any atom is -0.300 e. The van der Waals surface area contributed by atoms with Gasteiger partial charge in [0.05, 0.1) is 6.04 Å². The molecule has 3 aromatic rings. The Morgan fingerprint density at radius 1 is 0.897 bits per heavy atom. The van der Waals surface area contributed by atoms with Crippen LogP contribution >= 0.6 is 31.9 Å². The zero-order chi connectivity index (χ0) is 20.0. The van der Waals surface area contributed by atoms with Crippen molar-refractivity contribution < 1.29 is 4.79 Å². The Kier molecular flexibility index (Phi) is 4.92. The summed E-state index contributed by atoms with van der Waals surface area (Å²) < 4.78 is 2.09. The molecule has 0 spiro atoms. The Balaban J connectivity index is 1.71. The molecule has 0 fully saturated rings. The number of benzene rings is 3. The van der Waals surface area contributed by atoms with Crippen LogP contribution in [0.25, 0.3) is 0 Å². The van der Waals surface area contributed by atoms with Crippen molar-refractivity contribution in [1.82, 2.24) is 0 Å². The predicted octanol–water partition coefficient (Wildman–Crippen LogP) is 7.27. The smallest absolute Gasteiger partial charge is 0.258 e. The molecule has 5 rings (SSSR count). The van der Waals surface area contributed by atoms with Gasteiger partial charge in [0, 0.05) is 26.1 Å². The molecule has 0 saturated heterocycles. The molecule has 1 heterocycles. The first-order chi connectivity index (χ1) is 14.1. The normalized spacial score (nSPS) is 22.3. The Morgan fingerprint density at radius 2 is 1.62 bits per heavy atom. The van der Waals surface area contributed by atoms with Gasteiger partial charge in [-0.1, -0.05) is 74.3 Å². The van der Waals surface area contributed by atoms with Crippen molar-refractivity contribution in [2.24, 2.45) is 5.92 Å². The molecular formula is C25H19Br2NO. The number of carbonyl (C=O) groups excluding carboxylic acids is 1. The van der Waals surface area contributed by atoms with Crippen LogP contribution in [-0.4, -0.2) is 5.91 Å². The number of fused-ring (bicyclic) bond motifs is 3. The van der Waals surface area contributed by atoms with Crippen LogP contribution in [-0.2, 0) is 0 Å². The van der Waals surface area contributed by atoms with Crippen molar-refractivity contribution in [2.45, 2.75) is 18.4 Å². The van der Waals surface area contributed by atoms with Crippen LogP contribution in [0.4, 0.5) is 5.69 Å². The Labute approximate surface area is 187 Å². The summed E-state index contributed by atoms with van der Waals surface area (Å²) >= 11 is 7.17. The van der Waals surface area contributed by atoms with E-state index >= 15 is 0 Å². The van der Waals surface area contributed by atoms with Crippen LogP contribution in [0.3, 0.4) is 0 Å². The van der Waals surface area contributed by atoms with E-state index in [9.17, 15) is 4.79 Å². The van der Waals surface area contributed by atoms with Gasteiger partial charge in [0.25, 0.3) is 5.91 Å². The molecule has 144 valence electrons. The van der Waals surface area contributed by atoms with Crippen molar-refractivity contribution in [3.63, 3.8) is 0 Å². The van der Waals surface area contributed by atoms with E-state index in [2.05, 4.69) is 80.4 Å². The molecule has 0 bridgehead atoms. The zero-order valence-corrected chi connectivity index (χ0v) is 18.8. The summed E-state index contributed by atoms with van der Waals surface area (Å²) in [6.45, 7) is 0. The third-order valence-corrected chi connectivity index (χ3v) is 6.98. The molecule has 0 saturated carbocycles. The number of allylic oxidation sites excluding steroid dienone is 2. The molecule has 1 aliphatic heterocycles. The van der Waals surface area contributed by atoms with Crippen LogP contribution in [0.15, 0.2) is 93.9 Å². The van der Waals surface area contributed by atoms with Gasteiger partial charge in [0.15, 0.2) is 0 Å². The molecule has 3 atom stereocenters. The SMILES string of the molecule is O=C(c1ccccc1)N1c2ccc(Br)cc2[C@H]2C=CC[C@@H]2[C@@H]1c1ccc(Br)cc1. The molecule has 0 aromatic heterocycles. The Hall–Kier alpha value is -2.17. The van der Waals surface area contributed by atoms with Crippen LogP contribution < -0.4 is 4.90 Å². The third kappa shape index (κ3) is 3.28. The third-order valence-electron chi connectivity index (χ3n) is 5.96. The topological polar surface area (TPSA) is 20.3 Å². The van der Waals surface area contributed by atoms with Crippen LogP contribution in [0, 0.1) is 5.92 Å². The molecule has 0 N–H and O–H groups in total. The van der Waals surface area contributed by atoms with Gasteiger partial charge in [-0.2, -0.15) is 0 Å². The second-order valence-electron chi connectivity index (χ2n) is 7.59. The summed E-state index contributed by atoms with van der Waals surface area (Å²) in [7, 11) is 0. The van der Waals surface area contributed by atoms with Crippen molar-refractivity contribution >= 4 is 43.5 Å².